The molecule has 21 heavy (non-hydrogen) atoms. The van der Waals surface area contributed by atoms with Crippen LogP contribution in [0.3, 0.4) is 0 Å². The molecule has 5 nitrogen and oxygen atoms in total. The van der Waals surface area contributed by atoms with Gasteiger partial charge in [0.2, 0.25) is 5.88 Å². The summed E-state index contributed by atoms with van der Waals surface area (Å²) in [5.41, 5.74) is 3.51. The fourth-order valence-corrected chi connectivity index (χ4v) is 2.40. The summed E-state index contributed by atoms with van der Waals surface area (Å²) >= 11 is 0. The number of aromatic nitrogens is 2. The molecule has 3 rings (SSSR count). The molecule has 0 atom stereocenters. The average Bonchev–Trinajstić information content (AvgIpc) is 2.50. The van der Waals surface area contributed by atoms with E-state index in [2.05, 4.69) is 15.4 Å². The van der Waals surface area contributed by atoms with Gasteiger partial charge in [0.1, 0.15) is 5.82 Å². The zero-order valence-corrected chi connectivity index (χ0v) is 12.0. The van der Waals surface area contributed by atoms with Gasteiger partial charge in [-0.3, -0.25) is 0 Å². The van der Waals surface area contributed by atoms with Gasteiger partial charge in [-0.2, -0.15) is 4.98 Å². The van der Waals surface area contributed by atoms with E-state index in [4.69, 9.17) is 10.6 Å². The number of nitrogens with zero attached hydrogens (tertiary/aromatic N) is 2. The third kappa shape index (κ3) is 3.49. The van der Waals surface area contributed by atoms with Crippen molar-refractivity contribution in [1.82, 2.24) is 9.97 Å². The molecule has 0 bridgehead atoms. The van der Waals surface area contributed by atoms with Crippen LogP contribution >= 0.6 is 0 Å². The Bertz CT molecular complexity index is 584. The standard InChI is InChI=1S/C16H20N4O/c17-20-14-11-15(21-10-9-12-5-4-6-12)19-16(18-14)13-7-2-1-3-8-13/h1-3,7-8,11-12H,4-6,9-10,17H2,(H,18,19,20). The molecule has 0 unspecified atom stereocenters. The summed E-state index contributed by atoms with van der Waals surface area (Å²) in [7, 11) is 0. The van der Waals surface area contributed by atoms with E-state index >= 15 is 0 Å². The Kier molecular flexibility index (Phi) is 4.31. The molecule has 3 N–H and O–H groups in total. The molecule has 110 valence electrons. The van der Waals surface area contributed by atoms with E-state index < -0.39 is 0 Å². The number of hydrogen-bond donors (Lipinski definition) is 2. The first-order chi connectivity index (χ1) is 10.3. The van der Waals surface area contributed by atoms with Crippen LogP contribution in [0.15, 0.2) is 36.4 Å². The second-order valence-corrected chi connectivity index (χ2v) is 5.36. The fourth-order valence-electron chi connectivity index (χ4n) is 2.40. The summed E-state index contributed by atoms with van der Waals surface area (Å²) in [6, 6.07) is 11.5. The highest BCUT2D eigenvalue weighted by atomic mass is 16.5. The van der Waals surface area contributed by atoms with Crippen LogP contribution in [0.1, 0.15) is 25.7 Å². The van der Waals surface area contributed by atoms with Crippen LogP contribution in [-0.2, 0) is 0 Å². The van der Waals surface area contributed by atoms with Crippen molar-refractivity contribution in [3.63, 3.8) is 0 Å². The minimum Gasteiger partial charge on any atom is -0.478 e. The SMILES string of the molecule is NNc1cc(OCCC2CCC2)nc(-c2ccccc2)n1. The van der Waals surface area contributed by atoms with Crippen molar-refractivity contribution >= 4 is 5.82 Å². The largest absolute Gasteiger partial charge is 0.478 e. The highest BCUT2D eigenvalue weighted by Crippen LogP contribution is 2.29. The van der Waals surface area contributed by atoms with E-state index in [9.17, 15) is 0 Å². The van der Waals surface area contributed by atoms with E-state index in [0.29, 0.717) is 24.1 Å². The maximum Gasteiger partial charge on any atom is 0.219 e. The van der Waals surface area contributed by atoms with Gasteiger partial charge in [-0.1, -0.05) is 49.6 Å². The number of nitrogens with two attached hydrogens (primary N) is 1. The molecule has 1 aromatic carbocycles. The number of hydrogen-bond acceptors (Lipinski definition) is 5. The maximum absolute atomic E-state index is 5.77. The molecule has 1 heterocycles. The highest BCUT2D eigenvalue weighted by Gasteiger charge is 2.17. The number of rotatable bonds is 6. The van der Waals surface area contributed by atoms with E-state index in [-0.39, 0.29) is 0 Å². The van der Waals surface area contributed by atoms with Gasteiger partial charge < -0.3 is 10.2 Å². The Labute approximate surface area is 124 Å². The van der Waals surface area contributed by atoms with Gasteiger partial charge in [0.25, 0.3) is 0 Å². The van der Waals surface area contributed by atoms with Crippen molar-refractivity contribution in [2.75, 3.05) is 12.0 Å². The van der Waals surface area contributed by atoms with Crippen LogP contribution in [0, 0.1) is 5.92 Å². The van der Waals surface area contributed by atoms with E-state index in [1.54, 1.807) is 6.07 Å². The van der Waals surface area contributed by atoms with Crippen LogP contribution in [0.5, 0.6) is 5.88 Å². The van der Waals surface area contributed by atoms with Crippen LogP contribution in [0.2, 0.25) is 0 Å². The van der Waals surface area contributed by atoms with Gasteiger partial charge in [0.15, 0.2) is 5.82 Å². The van der Waals surface area contributed by atoms with Crippen LogP contribution in [0.25, 0.3) is 11.4 Å². The first-order valence-electron chi connectivity index (χ1n) is 7.39. The van der Waals surface area contributed by atoms with Crippen molar-refractivity contribution in [2.45, 2.75) is 25.7 Å². The van der Waals surface area contributed by atoms with Crippen molar-refractivity contribution in [1.29, 1.82) is 0 Å². The number of ether oxygens (including phenoxy) is 1. The molecule has 1 aromatic heterocycles. The monoisotopic (exact) mass is 284 g/mol. The van der Waals surface area contributed by atoms with Crippen molar-refractivity contribution < 1.29 is 4.74 Å². The lowest BCUT2D eigenvalue weighted by molar-refractivity contribution is 0.217. The van der Waals surface area contributed by atoms with Gasteiger partial charge in [-0.15, -0.1) is 0 Å². The summed E-state index contributed by atoms with van der Waals surface area (Å²) < 4.78 is 5.77. The second kappa shape index (κ2) is 6.54. The average molecular weight is 284 g/mol. The molecule has 0 aliphatic heterocycles. The molecular weight excluding hydrogens is 264 g/mol. The second-order valence-electron chi connectivity index (χ2n) is 5.36. The van der Waals surface area contributed by atoms with Gasteiger partial charge in [-0.05, 0) is 12.3 Å². The predicted molar refractivity (Wildman–Crippen MR) is 82.7 cm³/mol. The number of nitrogen functional groups attached to an aromatic ring is 1. The molecule has 0 amide bonds. The first-order valence-corrected chi connectivity index (χ1v) is 7.39. The minimum atomic E-state index is 0.558. The quantitative estimate of drug-likeness (QED) is 0.630. The predicted octanol–water partition coefficient (Wildman–Crippen LogP) is 3.00. The lowest BCUT2D eigenvalue weighted by Crippen LogP contribution is -2.15. The van der Waals surface area contributed by atoms with Gasteiger partial charge in [0.05, 0.1) is 6.61 Å². The third-order valence-electron chi connectivity index (χ3n) is 3.88. The van der Waals surface area contributed by atoms with Crippen LogP contribution in [-0.4, -0.2) is 16.6 Å². The third-order valence-corrected chi connectivity index (χ3v) is 3.88. The number of benzene rings is 1. The summed E-state index contributed by atoms with van der Waals surface area (Å²) in [6.07, 6.45) is 5.11. The number of hydrazine groups is 1. The zero-order chi connectivity index (χ0) is 14.5. The van der Waals surface area contributed by atoms with E-state index in [1.807, 2.05) is 30.3 Å². The van der Waals surface area contributed by atoms with Crippen molar-refractivity contribution in [2.24, 2.45) is 11.8 Å². The Morgan fingerprint density at radius 2 is 2.00 bits per heavy atom. The molecule has 1 aliphatic carbocycles. The Morgan fingerprint density at radius 3 is 2.67 bits per heavy atom. The lowest BCUT2D eigenvalue weighted by Gasteiger charge is -2.24. The van der Waals surface area contributed by atoms with E-state index in [0.717, 1.165) is 17.9 Å². The summed E-state index contributed by atoms with van der Waals surface area (Å²) in [5, 5.41) is 0. The van der Waals surface area contributed by atoms with Crippen LogP contribution in [0.4, 0.5) is 5.82 Å². The Morgan fingerprint density at radius 1 is 1.19 bits per heavy atom. The molecule has 0 radical (unpaired) electrons. The topological polar surface area (TPSA) is 73.1 Å². The van der Waals surface area contributed by atoms with Crippen molar-refractivity contribution in [3.05, 3.63) is 36.4 Å². The van der Waals surface area contributed by atoms with E-state index in [1.165, 1.54) is 19.3 Å². The summed E-state index contributed by atoms with van der Waals surface area (Å²) in [6.45, 7) is 0.694. The Hall–Kier alpha value is -2.14. The molecule has 1 saturated carbocycles. The molecule has 2 aromatic rings. The molecule has 1 aliphatic rings. The van der Waals surface area contributed by atoms with Gasteiger partial charge in [-0.25, -0.2) is 10.8 Å². The normalized spacial score (nSPS) is 14.5. The summed E-state index contributed by atoms with van der Waals surface area (Å²) in [5.74, 6) is 8.04. The lowest BCUT2D eigenvalue weighted by atomic mass is 9.83. The molecule has 0 spiro atoms. The molecular formula is C16H20N4O. The van der Waals surface area contributed by atoms with Crippen LogP contribution < -0.4 is 16.0 Å². The molecule has 1 fully saturated rings. The summed E-state index contributed by atoms with van der Waals surface area (Å²) in [4.78, 5) is 8.83. The van der Waals surface area contributed by atoms with Gasteiger partial charge in [0, 0.05) is 11.6 Å². The smallest absolute Gasteiger partial charge is 0.219 e. The zero-order valence-electron chi connectivity index (χ0n) is 12.0. The molecule has 5 heteroatoms. The maximum atomic E-state index is 5.77. The van der Waals surface area contributed by atoms with Crippen molar-refractivity contribution in [3.8, 4) is 17.3 Å². The first kappa shape index (κ1) is 13.8. The van der Waals surface area contributed by atoms with Gasteiger partial charge >= 0.3 is 0 Å². The Balaban J connectivity index is 1.73. The fraction of sp³-hybridized carbons (Fsp3) is 0.375. The number of nitrogens with one attached hydrogen (secondary N) is 1. The number of anilines is 1. The minimum absolute atomic E-state index is 0.558. The molecule has 0 saturated heterocycles. The highest BCUT2D eigenvalue weighted by molar-refractivity contribution is 5.57.